The lowest BCUT2D eigenvalue weighted by molar-refractivity contribution is 0.100. The molecule has 3 rings (SSSR count). The van der Waals surface area contributed by atoms with E-state index < -0.39 is 11.7 Å². The van der Waals surface area contributed by atoms with E-state index in [9.17, 15) is 9.18 Å². The highest BCUT2D eigenvalue weighted by atomic mass is 19.1. The van der Waals surface area contributed by atoms with Gasteiger partial charge < -0.3 is 22.1 Å². The summed E-state index contributed by atoms with van der Waals surface area (Å²) < 4.78 is 16.6. The summed E-state index contributed by atoms with van der Waals surface area (Å²) in [5.41, 5.74) is 14.0. The first kappa shape index (κ1) is 22.2. The molecule has 0 saturated heterocycles. The number of pyridine rings is 1. The Kier molecular flexibility index (Phi) is 6.55. The first-order chi connectivity index (χ1) is 14.7. The number of amides is 1. The van der Waals surface area contributed by atoms with Crippen molar-refractivity contribution >= 4 is 34.1 Å². The van der Waals surface area contributed by atoms with E-state index in [4.69, 9.17) is 11.5 Å². The van der Waals surface area contributed by atoms with Crippen LogP contribution >= 0.6 is 0 Å². The molecular formula is C22H28FN7O. The van der Waals surface area contributed by atoms with Crippen LogP contribution in [0.5, 0.6) is 0 Å². The number of nitrogens with zero attached hydrogens (tertiary/aromatic N) is 3. The minimum Gasteiger partial charge on any atom is -0.365 e. The number of aryl methyl sites for hydroxylation is 1. The molecule has 9 heteroatoms. The van der Waals surface area contributed by atoms with Gasteiger partial charge in [-0.05, 0) is 51.5 Å². The Bertz CT molecular complexity index is 1120. The van der Waals surface area contributed by atoms with Gasteiger partial charge in [0.1, 0.15) is 5.82 Å². The number of primary amides is 1. The largest absolute Gasteiger partial charge is 0.365 e. The fourth-order valence-corrected chi connectivity index (χ4v) is 3.35. The van der Waals surface area contributed by atoms with Crippen molar-refractivity contribution in [2.45, 2.75) is 45.8 Å². The Hall–Kier alpha value is -3.46. The number of nitrogens with two attached hydrogens (primary N) is 2. The van der Waals surface area contributed by atoms with Gasteiger partial charge in [0.25, 0.3) is 5.91 Å². The number of nitrogens with one attached hydrogen (secondary N) is 2. The Morgan fingerprint density at radius 2 is 2.06 bits per heavy atom. The van der Waals surface area contributed by atoms with Gasteiger partial charge in [0, 0.05) is 29.7 Å². The third-order valence-corrected chi connectivity index (χ3v) is 4.97. The minimum atomic E-state index is -0.786. The van der Waals surface area contributed by atoms with E-state index in [2.05, 4.69) is 27.3 Å². The smallest absolute Gasteiger partial charge is 0.252 e. The topological polar surface area (TPSA) is 124 Å². The standard InChI is InChI=1S/C22H28FN7O/c1-5-30-19-7-6-15(9-14(19)11-26-30)27-21-16(20(25)31)10-17(23)22(29-21)28-18(13(4)24)8-12(2)3/h6-7,9-11,13,18H,2,5,8,24H2,1,3-4H3,(H2,25,31)(H2,27,28,29)/t13-,18+/m0/s1. The summed E-state index contributed by atoms with van der Waals surface area (Å²) in [5, 5.41) is 11.4. The Balaban J connectivity index is 1.97. The number of halogens is 1. The third-order valence-electron chi connectivity index (χ3n) is 4.97. The molecule has 1 aromatic carbocycles. The lowest BCUT2D eigenvalue weighted by Gasteiger charge is -2.24. The summed E-state index contributed by atoms with van der Waals surface area (Å²) in [5.74, 6) is -1.34. The highest BCUT2D eigenvalue weighted by Gasteiger charge is 2.20. The molecule has 0 spiro atoms. The van der Waals surface area contributed by atoms with Gasteiger partial charge in [-0.2, -0.15) is 5.10 Å². The molecule has 2 aromatic heterocycles. The predicted octanol–water partition coefficient (Wildman–Crippen LogP) is 3.53. The number of fused-ring (bicyclic) bond motifs is 1. The average molecular weight is 426 g/mol. The first-order valence-corrected chi connectivity index (χ1v) is 10.1. The maximum absolute atomic E-state index is 14.7. The average Bonchev–Trinajstić information content (AvgIpc) is 3.11. The fourth-order valence-electron chi connectivity index (χ4n) is 3.35. The van der Waals surface area contributed by atoms with Gasteiger partial charge >= 0.3 is 0 Å². The van der Waals surface area contributed by atoms with Crippen molar-refractivity contribution < 1.29 is 9.18 Å². The fraction of sp³-hybridized carbons (Fsp3) is 0.318. The van der Waals surface area contributed by atoms with Gasteiger partial charge in [-0.25, -0.2) is 9.37 Å². The van der Waals surface area contributed by atoms with Crippen LogP contribution in [0.25, 0.3) is 10.9 Å². The number of benzene rings is 1. The summed E-state index contributed by atoms with van der Waals surface area (Å²) in [6.07, 6.45) is 2.31. The van der Waals surface area contributed by atoms with Gasteiger partial charge in [-0.3, -0.25) is 9.48 Å². The Morgan fingerprint density at radius 1 is 1.32 bits per heavy atom. The molecule has 31 heavy (non-hydrogen) atoms. The van der Waals surface area contributed by atoms with Crippen LogP contribution in [0.15, 0.2) is 42.6 Å². The van der Waals surface area contributed by atoms with Gasteiger partial charge in [0.15, 0.2) is 11.6 Å². The zero-order valence-electron chi connectivity index (χ0n) is 17.9. The van der Waals surface area contributed by atoms with Crippen LogP contribution in [0.4, 0.5) is 21.7 Å². The predicted molar refractivity (Wildman–Crippen MR) is 122 cm³/mol. The number of aromatic nitrogens is 3. The molecule has 0 fully saturated rings. The van der Waals surface area contributed by atoms with E-state index >= 15 is 0 Å². The monoisotopic (exact) mass is 425 g/mol. The third kappa shape index (κ3) is 5.00. The minimum absolute atomic E-state index is 0.0177. The summed E-state index contributed by atoms with van der Waals surface area (Å²) >= 11 is 0. The molecule has 0 aliphatic carbocycles. The maximum atomic E-state index is 14.7. The van der Waals surface area contributed by atoms with Gasteiger partial charge in [-0.15, -0.1) is 6.58 Å². The van der Waals surface area contributed by atoms with Crippen molar-refractivity contribution in [2.75, 3.05) is 10.6 Å². The molecule has 2 atom stereocenters. The normalized spacial score (nSPS) is 13.1. The molecule has 0 unspecified atom stereocenters. The number of hydrogen-bond acceptors (Lipinski definition) is 6. The second-order valence-electron chi connectivity index (χ2n) is 7.71. The maximum Gasteiger partial charge on any atom is 0.252 e. The Morgan fingerprint density at radius 3 is 2.68 bits per heavy atom. The highest BCUT2D eigenvalue weighted by Crippen LogP contribution is 2.27. The van der Waals surface area contributed by atoms with Crippen LogP contribution < -0.4 is 22.1 Å². The van der Waals surface area contributed by atoms with Crippen LogP contribution in [-0.2, 0) is 6.54 Å². The van der Waals surface area contributed by atoms with Crippen molar-refractivity contribution in [3.05, 3.63) is 54.0 Å². The number of rotatable bonds is 9. The zero-order chi connectivity index (χ0) is 22.7. The van der Waals surface area contributed by atoms with Crippen LogP contribution in [-0.4, -0.2) is 32.8 Å². The molecule has 164 valence electrons. The summed E-state index contributed by atoms with van der Waals surface area (Å²) in [7, 11) is 0. The second-order valence-corrected chi connectivity index (χ2v) is 7.71. The first-order valence-electron chi connectivity index (χ1n) is 10.1. The lowest BCUT2D eigenvalue weighted by Crippen LogP contribution is -2.38. The molecule has 1 amide bonds. The van der Waals surface area contributed by atoms with Crippen LogP contribution in [0.1, 0.15) is 37.6 Å². The number of carbonyl (C=O) groups excluding carboxylic acids is 1. The molecule has 2 heterocycles. The SMILES string of the molecule is C=C(C)C[C@@H](Nc1nc(Nc2ccc3c(cnn3CC)c2)c(C(N)=O)cc1F)[C@H](C)N. The molecular weight excluding hydrogens is 397 g/mol. The molecule has 0 bridgehead atoms. The molecule has 0 saturated carbocycles. The van der Waals surface area contributed by atoms with E-state index in [1.807, 2.05) is 43.7 Å². The molecule has 0 aliphatic heterocycles. The van der Waals surface area contributed by atoms with Crippen LogP contribution in [0.2, 0.25) is 0 Å². The van der Waals surface area contributed by atoms with Crippen molar-refractivity contribution in [3.63, 3.8) is 0 Å². The van der Waals surface area contributed by atoms with E-state index in [0.717, 1.165) is 29.1 Å². The quantitative estimate of drug-likeness (QED) is 0.389. The van der Waals surface area contributed by atoms with Crippen LogP contribution in [0.3, 0.4) is 0 Å². The summed E-state index contributed by atoms with van der Waals surface area (Å²) in [6, 6.07) is 6.16. The van der Waals surface area contributed by atoms with Crippen molar-refractivity contribution in [1.82, 2.24) is 14.8 Å². The van der Waals surface area contributed by atoms with Crippen molar-refractivity contribution in [3.8, 4) is 0 Å². The van der Waals surface area contributed by atoms with E-state index in [0.29, 0.717) is 12.1 Å². The second kappa shape index (κ2) is 9.13. The van der Waals surface area contributed by atoms with Gasteiger partial charge in [0.2, 0.25) is 0 Å². The van der Waals surface area contributed by atoms with Crippen molar-refractivity contribution in [1.29, 1.82) is 0 Å². The summed E-state index contributed by atoms with van der Waals surface area (Å²) in [6.45, 7) is 10.4. The van der Waals surface area contributed by atoms with E-state index in [1.165, 1.54) is 0 Å². The Labute approximate surface area is 180 Å². The number of anilines is 3. The molecule has 0 radical (unpaired) electrons. The highest BCUT2D eigenvalue weighted by molar-refractivity contribution is 5.99. The summed E-state index contributed by atoms with van der Waals surface area (Å²) in [4.78, 5) is 16.2. The molecule has 0 aliphatic rings. The molecule has 3 aromatic rings. The number of carbonyl (C=O) groups is 1. The van der Waals surface area contributed by atoms with Crippen molar-refractivity contribution in [2.24, 2.45) is 11.5 Å². The van der Waals surface area contributed by atoms with Gasteiger partial charge in [-0.1, -0.05) is 5.57 Å². The van der Waals surface area contributed by atoms with Gasteiger partial charge in [0.05, 0.1) is 17.3 Å². The zero-order valence-corrected chi connectivity index (χ0v) is 17.9. The molecule has 8 nitrogen and oxygen atoms in total. The van der Waals surface area contributed by atoms with Crippen LogP contribution in [0, 0.1) is 5.82 Å². The van der Waals surface area contributed by atoms with E-state index in [1.54, 1.807) is 6.20 Å². The number of hydrogen-bond donors (Lipinski definition) is 4. The molecule has 6 N–H and O–H groups in total. The van der Waals surface area contributed by atoms with E-state index in [-0.39, 0.29) is 29.3 Å². The lowest BCUT2D eigenvalue weighted by atomic mass is 10.0.